The molecule has 0 aliphatic carbocycles. The molecule has 0 amide bonds. The number of benzene rings is 2. The summed E-state index contributed by atoms with van der Waals surface area (Å²) in [4.78, 5) is 10.5. The van der Waals surface area contributed by atoms with Gasteiger partial charge in [-0.25, -0.2) is 0 Å². The minimum Gasteiger partial charge on any atom is -0.504 e. The number of hydrogen-bond donors (Lipinski definition) is 1. The van der Waals surface area contributed by atoms with E-state index in [1.54, 1.807) is 13.0 Å². The number of phenols is 1. The summed E-state index contributed by atoms with van der Waals surface area (Å²) in [6, 6.07) is 15.0. The molecular weight excluding hydrogens is 252 g/mol. The smallest absolute Gasteiger partial charge is 0.177 e. The number of aromatic hydroxyl groups is 1. The van der Waals surface area contributed by atoms with Gasteiger partial charge in [-0.2, -0.15) is 0 Å². The first-order chi connectivity index (χ1) is 9.74. The van der Waals surface area contributed by atoms with Crippen molar-refractivity contribution in [1.82, 2.24) is 0 Å². The van der Waals surface area contributed by atoms with E-state index in [0.29, 0.717) is 18.5 Å². The Labute approximate surface area is 118 Å². The molecule has 3 nitrogen and oxygen atoms in total. The van der Waals surface area contributed by atoms with Gasteiger partial charge in [0.2, 0.25) is 0 Å². The standard InChI is InChI=1S/C11H10O3.C6H6/c1-3-8-5-6-9(7-12)10(13)11(8)14-4-2;1-2-4-6-5-3-1/h1,5-7,13H,4H2,2H3;1-6H. The van der Waals surface area contributed by atoms with E-state index in [2.05, 4.69) is 5.92 Å². The van der Waals surface area contributed by atoms with Gasteiger partial charge in [-0.3, -0.25) is 4.79 Å². The fourth-order valence-corrected chi connectivity index (χ4v) is 1.47. The summed E-state index contributed by atoms with van der Waals surface area (Å²) in [5.74, 6) is 2.37. The highest BCUT2D eigenvalue weighted by atomic mass is 16.5. The highest BCUT2D eigenvalue weighted by Crippen LogP contribution is 2.32. The number of terminal acetylenes is 1. The Morgan fingerprint density at radius 3 is 2.15 bits per heavy atom. The molecule has 0 heterocycles. The van der Waals surface area contributed by atoms with Crippen molar-refractivity contribution in [2.24, 2.45) is 0 Å². The van der Waals surface area contributed by atoms with Gasteiger partial charge < -0.3 is 9.84 Å². The van der Waals surface area contributed by atoms with Gasteiger partial charge >= 0.3 is 0 Å². The first kappa shape index (κ1) is 15.3. The average Bonchev–Trinajstić information content (AvgIpc) is 2.52. The number of ether oxygens (including phenoxy) is 1. The van der Waals surface area contributed by atoms with E-state index >= 15 is 0 Å². The van der Waals surface area contributed by atoms with Crippen LogP contribution in [0.2, 0.25) is 0 Å². The molecule has 0 aromatic heterocycles. The molecule has 0 unspecified atom stereocenters. The maximum absolute atomic E-state index is 10.5. The van der Waals surface area contributed by atoms with Gasteiger partial charge in [-0.15, -0.1) is 6.42 Å². The van der Waals surface area contributed by atoms with Gasteiger partial charge in [0.25, 0.3) is 0 Å². The highest BCUT2D eigenvalue weighted by Gasteiger charge is 2.11. The lowest BCUT2D eigenvalue weighted by Crippen LogP contribution is -1.96. The van der Waals surface area contributed by atoms with Crippen molar-refractivity contribution < 1.29 is 14.6 Å². The number of hydrogen-bond acceptors (Lipinski definition) is 3. The summed E-state index contributed by atoms with van der Waals surface area (Å²) < 4.78 is 5.15. The van der Waals surface area contributed by atoms with Crippen LogP contribution in [0.15, 0.2) is 48.5 Å². The lowest BCUT2D eigenvalue weighted by atomic mass is 10.1. The zero-order valence-electron chi connectivity index (χ0n) is 11.2. The second-order valence-electron chi connectivity index (χ2n) is 3.73. The van der Waals surface area contributed by atoms with Crippen LogP contribution in [0.5, 0.6) is 11.5 Å². The normalized spacial score (nSPS) is 8.80. The quantitative estimate of drug-likeness (QED) is 0.686. The van der Waals surface area contributed by atoms with Crippen LogP contribution >= 0.6 is 0 Å². The molecule has 0 saturated carbocycles. The van der Waals surface area contributed by atoms with E-state index in [1.807, 2.05) is 36.4 Å². The summed E-state index contributed by atoms with van der Waals surface area (Å²) in [5.41, 5.74) is 0.613. The van der Waals surface area contributed by atoms with Gasteiger partial charge in [0.15, 0.2) is 17.8 Å². The van der Waals surface area contributed by atoms with Crippen LogP contribution in [0.4, 0.5) is 0 Å². The average molecular weight is 268 g/mol. The largest absolute Gasteiger partial charge is 0.504 e. The fourth-order valence-electron chi connectivity index (χ4n) is 1.47. The SMILES string of the molecule is C#Cc1ccc(C=O)c(O)c1OCC.c1ccccc1. The molecule has 102 valence electrons. The van der Waals surface area contributed by atoms with Crippen molar-refractivity contribution in [3.63, 3.8) is 0 Å². The predicted octanol–water partition coefficient (Wildman–Crippen LogP) is 3.27. The van der Waals surface area contributed by atoms with Crippen LogP contribution in [-0.2, 0) is 0 Å². The summed E-state index contributed by atoms with van der Waals surface area (Å²) in [6.45, 7) is 2.15. The molecule has 0 spiro atoms. The Balaban J connectivity index is 0.000000276. The maximum atomic E-state index is 10.5. The highest BCUT2D eigenvalue weighted by molar-refractivity contribution is 5.82. The molecule has 20 heavy (non-hydrogen) atoms. The Morgan fingerprint density at radius 2 is 1.75 bits per heavy atom. The topological polar surface area (TPSA) is 46.5 Å². The number of carbonyl (C=O) groups is 1. The first-order valence-electron chi connectivity index (χ1n) is 6.15. The van der Waals surface area contributed by atoms with Gasteiger partial charge in [-0.1, -0.05) is 42.3 Å². The van der Waals surface area contributed by atoms with Gasteiger partial charge in [0.05, 0.1) is 17.7 Å². The number of phenolic OH excluding ortho intramolecular Hbond substituents is 1. The van der Waals surface area contributed by atoms with Gasteiger partial charge in [-0.05, 0) is 19.1 Å². The molecule has 0 radical (unpaired) electrons. The Morgan fingerprint density at radius 1 is 1.20 bits per heavy atom. The number of carbonyl (C=O) groups excluding carboxylic acids is 1. The van der Waals surface area contributed by atoms with Crippen molar-refractivity contribution in [3.8, 4) is 23.8 Å². The monoisotopic (exact) mass is 268 g/mol. The molecule has 2 aromatic rings. The molecule has 3 heteroatoms. The lowest BCUT2D eigenvalue weighted by molar-refractivity contribution is 0.112. The van der Waals surface area contributed by atoms with Crippen LogP contribution < -0.4 is 4.74 Å². The third kappa shape index (κ3) is 4.18. The molecule has 0 aliphatic heterocycles. The molecule has 0 bridgehead atoms. The molecule has 2 aromatic carbocycles. The second-order valence-corrected chi connectivity index (χ2v) is 3.73. The van der Waals surface area contributed by atoms with E-state index in [9.17, 15) is 9.90 Å². The summed E-state index contributed by atoms with van der Waals surface area (Å²) in [6.07, 6.45) is 5.77. The first-order valence-corrected chi connectivity index (χ1v) is 6.15. The molecule has 0 saturated heterocycles. The van der Waals surface area contributed by atoms with Crippen molar-refractivity contribution >= 4 is 6.29 Å². The maximum Gasteiger partial charge on any atom is 0.177 e. The number of aldehydes is 1. The van der Waals surface area contributed by atoms with Crippen molar-refractivity contribution in [2.75, 3.05) is 6.61 Å². The third-order valence-electron chi connectivity index (χ3n) is 2.40. The third-order valence-corrected chi connectivity index (χ3v) is 2.40. The van der Waals surface area contributed by atoms with Crippen molar-refractivity contribution in [2.45, 2.75) is 6.92 Å². The zero-order valence-corrected chi connectivity index (χ0v) is 11.2. The lowest BCUT2D eigenvalue weighted by Gasteiger charge is -2.09. The predicted molar refractivity (Wildman–Crippen MR) is 79.0 cm³/mol. The van der Waals surface area contributed by atoms with Crippen LogP contribution in [0.1, 0.15) is 22.8 Å². The zero-order chi connectivity index (χ0) is 14.8. The minimum absolute atomic E-state index is 0.174. The Kier molecular flexibility index (Phi) is 6.43. The van der Waals surface area contributed by atoms with Gasteiger partial charge in [0, 0.05) is 0 Å². The van der Waals surface area contributed by atoms with E-state index in [0.717, 1.165) is 0 Å². The van der Waals surface area contributed by atoms with E-state index in [-0.39, 0.29) is 17.1 Å². The van der Waals surface area contributed by atoms with Crippen LogP contribution in [0, 0.1) is 12.3 Å². The minimum atomic E-state index is -0.197. The summed E-state index contributed by atoms with van der Waals surface area (Å²) >= 11 is 0. The van der Waals surface area contributed by atoms with Crippen LogP contribution in [0.25, 0.3) is 0 Å². The van der Waals surface area contributed by atoms with E-state index in [4.69, 9.17) is 11.2 Å². The van der Waals surface area contributed by atoms with Crippen molar-refractivity contribution in [1.29, 1.82) is 0 Å². The van der Waals surface area contributed by atoms with E-state index in [1.165, 1.54) is 6.07 Å². The second kappa shape index (κ2) is 8.39. The molecule has 0 fully saturated rings. The van der Waals surface area contributed by atoms with Crippen LogP contribution in [0.3, 0.4) is 0 Å². The number of rotatable bonds is 3. The van der Waals surface area contributed by atoms with Crippen LogP contribution in [-0.4, -0.2) is 18.0 Å². The van der Waals surface area contributed by atoms with Crippen molar-refractivity contribution in [3.05, 3.63) is 59.7 Å². The Hall–Kier alpha value is -2.73. The summed E-state index contributed by atoms with van der Waals surface area (Å²) in [7, 11) is 0. The Bertz CT molecular complexity index is 556. The van der Waals surface area contributed by atoms with E-state index < -0.39 is 0 Å². The molecular formula is C17H16O3. The van der Waals surface area contributed by atoms with Gasteiger partial charge in [0.1, 0.15) is 0 Å². The molecule has 1 N–H and O–H groups in total. The molecule has 0 atom stereocenters. The fraction of sp³-hybridized carbons (Fsp3) is 0.118. The molecule has 0 aliphatic rings. The molecule has 2 rings (SSSR count). The summed E-state index contributed by atoms with van der Waals surface area (Å²) in [5, 5.41) is 9.58.